The minimum atomic E-state index is -0.384. The molecule has 118 valence electrons. The molecule has 1 aromatic carbocycles. The predicted octanol–water partition coefficient (Wildman–Crippen LogP) is 4.29. The summed E-state index contributed by atoms with van der Waals surface area (Å²) in [5, 5.41) is 11.8. The van der Waals surface area contributed by atoms with Crippen molar-refractivity contribution in [2.45, 2.75) is 32.4 Å². The average Bonchev–Trinajstić information content (AvgIpc) is 2.65. The number of nitro benzene ring substituents is 1. The Morgan fingerprint density at radius 1 is 1.55 bits per heavy atom. The Bertz CT molecular complexity index is 653. The molecule has 0 aliphatic carbocycles. The second-order valence-electron chi connectivity index (χ2n) is 6.30. The Kier molecular flexibility index (Phi) is 4.60. The summed E-state index contributed by atoms with van der Waals surface area (Å²) in [6, 6.07) is 4.78. The van der Waals surface area contributed by atoms with Gasteiger partial charge in [0.1, 0.15) is 0 Å². The van der Waals surface area contributed by atoms with Crippen molar-refractivity contribution in [3.8, 4) is 0 Å². The zero-order chi connectivity index (χ0) is 16.5. The quantitative estimate of drug-likeness (QED) is 0.472. The number of amidine groups is 1. The van der Waals surface area contributed by atoms with Crippen molar-refractivity contribution >= 4 is 28.3 Å². The molecule has 0 bridgehead atoms. The third kappa shape index (κ3) is 3.88. The van der Waals surface area contributed by atoms with Gasteiger partial charge in [-0.1, -0.05) is 23.9 Å². The summed E-state index contributed by atoms with van der Waals surface area (Å²) in [5.41, 5.74) is 2.77. The van der Waals surface area contributed by atoms with Gasteiger partial charge in [0.15, 0.2) is 5.17 Å². The summed E-state index contributed by atoms with van der Waals surface area (Å²) in [4.78, 5) is 17.4. The van der Waals surface area contributed by atoms with Gasteiger partial charge in [0.05, 0.1) is 10.6 Å². The third-order valence-corrected chi connectivity index (χ3v) is 4.49. The van der Waals surface area contributed by atoms with E-state index in [9.17, 15) is 10.1 Å². The second-order valence-corrected chi connectivity index (χ2v) is 7.97. The van der Waals surface area contributed by atoms with E-state index in [4.69, 9.17) is 4.99 Å². The number of nitrogens with zero attached hydrogens (tertiary/aromatic N) is 3. The van der Waals surface area contributed by atoms with Crippen LogP contribution in [0.15, 0.2) is 35.3 Å². The minimum Gasteiger partial charge on any atom is -0.346 e. The molecular formula is C16H21N3O2S. The normalized spacial score (nSPS) is 18.7. The van der Waals surface area contributed by atoms with Crippen LogP contribution in [-0.4, -0.2) is 32.8 Å². The van der Waals surface area contributed by atoms with E-state index in [1.807, 2.05) is 13.8 Å². The number of rotatable bonds is 4. The monoisotopic (exact) mass is 319 g/mol. The fourth-order valence-electron chi connectivity index (χ4n) is 2.40. The van der Waals surface area contributed by atoms with Crippen molar-refractivity contribution < 1.29 is 4.92 Å². The number of aliphatic imine (C=N–C) groups is 1. The van der Waals surface area contributed by atoms with E-state index < -0.39 is 0 Å². The highest BCUT2D eigenvalue weighted by molar-refractivity contribution is 8.15. The van der Waals surface area contributed by atoms with Crippen molar-refractivity contribution in [1.29, 1.82) is 0 Å². The molecule has 2 rings (SSSR count). The second kappa shape index (κ2) is 6.12. The minimum absolute atomic E-state index is 0.0969. The van der Waals surface area contributed by atoms with Crippen molar-refractivity contribution in [2.75, 3.05) is 13.1 Å². The summed E-state index contributed by atoms with van der Waals surface area (Å²) in [6.45, 7) is 13.9. The molecule has 1 aliphatic rings. The molecule has 0 aromatic heterocycles. The molecule has 1 aromatic rings. The number of thioether (sulfide) groups is 1. The smallest absolute Gasteiger partial charge is 0.269 e. The van der Waals surface area contributed by atoms with Crippen molar-refractivity contribution in [1.82, 2.24) is 4.90 Å². The number of aryl methyl sites for hydroxylation is 1. The summed E-state index contributed by atoms with van der Waals surface area (Å²) in [5.74, 6) is 0. The summed E-state index contributed by atoms with van der Waals surface area (Å²) < 4.78 is 0.100. The molecule has 5 nitrogen and oxygen atoms in total. The molecule has 0 unspecified atom stereocenters. The Balaban J connectivity index is 2.33. The van der Waals surface area contributed by atoms with Crippen LogP contribution >= 0.6 is 11.8 Å². The predicted molar refractivity (Wildman–Crippen MR) is 93.0 cm³/mol. The number of hydrogen-bond acceptors (Lipinski definition) is 4. The first kappa shape index (κ1) is 16.5. The standard InChI is InChI=1S/C16H21N3O2S/c1-11(2)9-18-10-16(4,5)22-15(18)17-14-7-6-13(19(20)21)8-12(14)3/h6-8H,1,9-10H2,2-5H3. The van der Waals surface area contributed by atoms with E-state index in [2.05, 4.69) is 25.3 Å². The van der Waals surface area contributed by atoms with E-state index in [0.29, 0.717) is 0 Å². The zero-order valence-electron chi connectivity index (χ0n) is 13.4. The molecule has 1 saturated heterocycles. The van der Waals surface area contributed by atoms with Crippen LogP contribution in [0.25, 0.3) is 0 Å². The number of nitro groups is 1. The van der Waals surface area contributed by atoms with Crippen molar-refractivity contribution in [3.63, 3.8) is 0 Å². The number of benzene rings is 1. The molecule has 1 aliphatic heterocycles. The molecule has 0 atom stereocenters. The van der Waals surface area contributed by atoms with Crippen molar-refractivity contribution in [3.05, 3.63) is 46.0 Å². The maximum Gasteiger partial charge on any atom is 0.269 e. The van der Waals surface area contributed by atoms with Crippen LogP contribution < -0.4 is 0 Å². The fraction of sp³-hybridized carbons (Fsp3) is 0.438. The van der Waals surface area contributed by atoms with Gasteiger partial charge in [0.25, 0.3) is 5.69 Å². The van der Waals surface area contributed by atoms with Gasteiger partial charge >= 0.3 is 0 Å². The Hall–Kier alpha value is -1.82. The van der Waals surface area contributed by atoms with Crippen LogP contribution in [0.2, 0.25) is 0 Å². The van der Waals surface area contributed by atoms with Crippen LogP contribution in [0.1, 0.15) is 26.3 Å². The highest BCUT2D eigenvalue weighted by atomic mass is 32.2. The lowest BCUT2D eigenvalue weighted by Gasteiger charge is -2.19. The first-order valence-electron chi connectivity index (χ1n) is 7.10. The first-order valence-corrected chi connectivity index (χ1v) is 7.92. The van der Waals surface area contributed by atoms with E-state index >= 15 is 0 Å². The van der Waals surface area contributed by atoms with Crippen LogP contribution in [-0.2, 0) is 0 Å². The van der Waals surface area contributed by atoms with E-state index in [-0.39, 0.29) is 15.4 Å². The van der Waals surface area contributed by atoms with Crippen LogP contribution in [0.3, 0.4) is 0 Å². The van der Waals surface area contributed by atoms with E-state index in [1.54, 1.807) is 23.9 Å². The number of non-ortho nitro benzene ring substituents is 1. The first-order chi connectivity index (χ1) is 10.2. The molecule has 0 amide bonds. The Morgan fingerprint density at radius 3 is 2.77 bits per heavy atom. The summed E-state index contributed by atoms with van der Waals surface area (Å²) >= 11 is 1.73. The molecule has 1 heterocycles. The van der Waals surface area contributed by atoms with Gasteiger partial charge < -0.3 is 4.90 Å². The highest BCUT2D eigenvalue weighted by Gasteiger charge is 2.35. The largest absolute Gasteiger partial charge is 0.346 e. The molecule has 0 radical (unpaired) electrons. The van der Waals surface area contributed by atoms with Gasteiger partial charge in [-0.2, -0.15) is 0 Å². The van der Waals surface area contributed by atoms with Gasteiger partial charge in [-0.25, -0.2) is 4.99 Å². The lowest BCUT2D eigenvalue weighted by atomic mass is 10.2. The third-order valence-electron chi connectivity index (χ3n) is 3.28. The average molecular weight is 319 g/mol. The molecule has 0 N–H and O–H groups in total. The van der Waals surface area contributed by atoms with Crippen molar-refractivity contribution in [2.24, 2.45) is 4.99 Å². The highest BCUT2D eigenvalue weighted by Crippen LogP contribution is 2.37. The van der Waals surface area contributed by atoms with Gasteiger partial charge in [0, 0.05) is 30.0 Å². The lowest BCUT2D eigenvalue weighted by Crippen LogP contribution is -2.30. The summed E-state index contributed by atoms with van der Waals surface area (Å²) in [7, 11) is 0. The molecule has 0 saturated carbocycles. The molecule has 1 fully saturated rings. The lowest BCUT2D eigenvalue weighted by molar-refractivity contribution is -0.384. The SMILES string of the molecule is C=C(C)CN1CC(C)(C)SC1=Nc1ccc([N+](=O)[O-])cc1C. The number of hydrogen-bond donors (Lipinski definition) is 0. The van der Waals surface area contributed by atoms with Gasteiger partial charge in [-0.05, 0) is 39.3 Å². The van der Waals surface area contributed by atoms with Crippen LogP contribution in [0, 0.1) is 17.0 Å². The summed E-state index contributed by atoms with van der Waals surface area (Å²) in [6.07, 6.45) is 0. The van der Waals surface area contributed by atoms with Gasteiger partial charge in [-0.15, -0.1) is 0 Å². The van der Waals surface area contributed by atoms with E-state index in [1.165, 1.54) is 6.07 Å². The maximum atomic E-state index is 10.8. The molecular weight excluding hydrogens is 298 g/mol. The maximum absolute atomic E-state index is 10.8. The van der Waals surface area contributed by atoms with E-state index in [0.717, 1.165) is 35.1 Å². The topological polar surface area (TPSA) is 58.7 Å². The Morgan fingerprint density at radius 2 is 2.23 bits per heavy atom. The van der Waals surface area contributed by atoms with Crippen LogP contribution in [0.4, 0.5) is 11.4 Å². The fourth-order valence-corrected chi connectivity index (χ4v) is 3.51. The van der Waals surface area contributed by atoms with Gasteiger partial charge in [0.2, 0.25) is 0 Å². The Labute approximate surface area is 135 Å². The van der Waals surface area contributed by atoms with Gasteiger partial charge in [-0.3, -0.25) is 10.1 Å². The van der Waals surface area contributed by atoms with Crippen LogP contribution in [0.5, 0.6) is 0 Å². The molecule has 0 spiro atoms. The zero-order valence-corrected chi connectivity index (χ0v) is 14.2. The molecule has 22 heavy (non-hydrogen) atoms. The molecule has 6 heteroatoms.